The Morgan fingerprint density at radius 3 is 1.02 bits per heavy atom. The Morgan fingerprint density at radius 2 is 0.571 bits per heavy atom. The Hall–Kier alpha value is -12.1. The molecule has 0 atom stereocenters. The number of halogens is 1. The van der Waals surface area contributed by atoms with Crippen molar-refractivity contribution in [2.24, 2.45) is 0 Å². The number of rotatable bonds is 7. The first-order valence-electron chi connectivity index (χ1n) is 33.0. The Balaban J connectivity index is 0.000000116. The van der Waals surface area contributed by atoms with Crippen LogP contribution in [0.25, 0.3) is 186 Å². The van der Waals surface area contributed by atoms with Crippen LogP contribution < -0.4 is 4.65 Å². The average molecular weight is 1320 g/mol. The molecule has 98 heavy (non-hydrogen) atoms. The molecule has 0 bridgehead atoms. The Kier molecular flexibility index (Phi) is 14.7. The second kappa shape index (κ2) is 24.6. The van der Waals surface area contributed by atoms with E-state index in [1.165, 1.54) is 136 Å². The molecule has 0 amide bonds. The standard InChI is InChI=1S/C46H28O.C24H16BO2.C22H13BrO/c1-3-16-34-29(11-1)13-10-22-36(34)45-39-20-7-5-18-37(39)44(38-19-6-8-21-40(38)45)33-15-9-14-31(27-33)32-24-25-42-41(28-32)46-35-17-4-2-12-30(35)23-26-43(46)47-42;26-25-27-24-21-13-5-3-11-19(21)23(20-12-4-6-14-22(20)24)18-15-7-9-16-8-1-2-10-17(16)18;23-17-6-3-5-15(12-17)16-9-10-20-19(13-16)22-18-7-2-1-4-14(18)8-11-21(22)24-20/h1-28H;1-15,26H;1-13H. The van der Waals surface area contributed by atoms with Gasteiger partial charge in [-0.15, -0.1) is 0 Å². The normalized spacial score (nSPS) is 11.6. The highest BCUT2D eigenvalue weighted by atomic mass is 79.9. The molecule has 0 fully saturated rings. The average Bonchev–Trinajstić information content (AvgIpc) is 1.29. The molecule has 0 unspecified atom stereocenters. The minimum atomic E-state index is 0.674. The Morgan fingerprint density at radius 1 is 0.245 bits per heavy atom. The van der Waals surface area contributed by atoms with Crippen LogP contribution in [0.4, 0.5) is 0 Å². The molecule has 0 aliphatic heterocycles. The predicted molar refractivity (Wildman–Crippen MR) is 417 cm³/mol. The first-order chi connectivity index (χ1) is 48.5. The van der Waals surface area contributed by atoms with Crippen LogP contribution in [0.2, 0.25) is 0 Å². The van der Waals surface area contributed by atoms with Gasteiger partial charge in [0.25, 0.3) is 0 Å². The van der Waals surface area contributed by atoms with Crippen molar-refractivity contribution < 1.29 is 18.5 Å². The maximum Gasteiger partial charge on any atom is 0.569 e. The van der Waals surface area contributed by atoms with Crippen molar-refractivity contribution in [3.05, 3.63) is 344 Å². The fourth-order valence-corrected chi connectivity index (χ4v) is 15.5. The van der Waals surface area contributed by atoms with E-state index in [1.54, 1.807) is 0 Å². The molecule has 459 valence electrons. The van der Waals surface area contributed by atoms with Crippen LogP contribution in [-0.2, 0) is 0 Å². The third-order valence-corrected chi connectivity index (χ3v) is 20.0. The van der Waals surface area contributed by atoms with E-state index in [1.807, 2.05) is 42.5 Å². The van der Waals surface area contributed by atoms with Gasteiger partial charge in [0.1, 0.15) is 28.1 Å². The van der Waals surface area contributed by atoms with Crippen LogP contribution in [0.15, 0.2) is 353 Å². The van der Waals surface area contributed by atoms with Crippen LogP contribution in [0.1, 0.15) is 0 Å². The number of fused-ring (bicyclic) bond motifs is 16. The van der Waals surface area contributed by atoms with Crippen LogP contribution in [0.3, 0.4) is 0 Å². The minimum absolute atomic E-state index is 0.674. The molecular weight excluding hydrogens is 1260 g/mol. The number of hydrogen-bond donors (Lipinski definition) is 1. The van der Waals surface area contributed by atoms with Crippen molar-refractivity contribution >= 4 is 154 Å². The molecular formula is C92H57BBrO4. The van der Waals surface area contributed by atoms with Crippen molar-refractivity contribution in [3.63, 3.8) is 0 Å². The molecule has 20 aromatic rings. The molecule has 6 heteroatoms. The van der Waals surface area contributed by atoms with Crippen LogP contribution in [0, 0.1) is 0 Å². The molecule has 18 aromatic carbocycles. The summed E-state index contributed by atoms with van der Waals surface area (Å²) in [4.78, 5) is 0. The fourth-order valence-electron chi connectivity index (χ4n) is 15.2. The van der Waals surface area contributed by atoms with Gasteiger partial charge in [-0.1, -0.05) is 301 Å². The van der Waals surface area contributed by atoms with Gasteiger partial charge in [0.15, 0.2) is 0 Å². The smallest absolute Gasteiger partial charge is 0.537 e. The molecule has 4 nitrogen and oxygen atoms in total. The summed E-state index contributed by atoms with van der Waals surface area (Å²) in [6.07, 6.45) is 0. The zero-order chi connectivity index (χ0) is 65.2. The lowest BCUT2D eigenvalue weighted by Crippen LogP contribution is -2.02. The van der Waals surface area contributed by atoms with E-state index in [2.05, 4.69) is 313 Å². The summed E-state index contributed by atoms with van der Waals surface area (Å²) in [6, 6.07) is 120. The van der Waals surface area contributed by atoms with Gasteiger partial charge in [0.05, 0.1) is 0 Å². The van der Waals surface area contributed by atoms with Gasteiger partial charge in [-0.3, -0.25) is 0 Å². The molecule has 0 spiro atoms. The Bertz CT molecular complexity index is 6440. The van der Waals surface area contributed by atoms with E-state index in [4.69, 9.17) is 13.5 Å². The maximum atomic E-state index is 9.32. The first kappa shape index (κ1) is 58.5. The molecule has 0 aliphatic rings. The second-order valence-corrected chi connectivity index (χ2v) is 25.9. The highest BCUT2D eigenvalue weighted by Gasteiger charge is 2.21. The molecule has 2 aromatic heterocycles. The van der Waals surface area contributed by atoms with Gasteiger partial charge in [-0.25, -0.2) is 0 Å². The number of benzene rings is 18. The first-order valence-corrected chi connectivity index (χ1v) is 33.8. The fraction of sp³-hybridized carbons (Fsp3) is 0. The molecule has 0 aliphatic carbocycles. The third kappa shape index (κ3) is 10.1. The largest absolute Gasteiger partial charge is 0.569 e. The second-order valence-electron chi connectivity index (χ2n) is 24.9. The minimum Gasteiger partial charge on any atom is -0.537 e. The van der Waals surface area contributed by atoms with Gasteiger partial charge in [0, 0.05) is 36.8 Å². The van der Waals surface area contributed by atoms with E-state index in [0.29, 0.717) is 5.75 Å². The summed E-state index contributed by atoms with van der Waals surface area (Å²) in [5.74, 6) is 0.674. The monoisotopic (exact) mass is 1320 g/mol. The quantitative estimate of drug-likeness (QED) is 0.128. The van der Waals surface area contributed by atoms with E-state index in [9.17, 15) is 5.02 Å². The lowest BCUT2D eigenvalue weighted by atomic mass is 9.84. The summed E-state index contributed by atoms with van der Waals surface area (Å²) in [6.45, 7) is 0. The van der Waals surface area contributed by atoms with Gasteiger partial charge >= 0.3 is 7.69 Å². The lowest BCUT2D eigenvalue weighted by molar-refractivity contribution is 0.459. The highest BCUT2D eigenvalue weighted by Crippen LogP contribution is 2.48. The number of hydrogen-bond acceptors (Lipinski definition) is 4. The lowest BCUT2D eigenvalue weighted by Gasteiger charge is -2.19. The van der Waals surface area contributed by atoms with E-state index in [0.717, 1.165) is 61.4 Å². The predicted octanol–water partition coefficient (Wildman–Crippen LogP) is 26.1. The van der Waals surface area contributed by atoms with Crippen molar-refractivity contribution in [3.8, 4) is 61.4 Å². The summed E-state index contributed by atoms with van der Waals surface area (Å²) in [5.41, 5.74) is 15.9. The molecule has 0 saturated carbocycles. The van der Waals surface area contributed by atoms with Crippen LogP contribution >= 0.6 is 15.9 Å². The maximum absolute atomic E-state index is 9.32. The van der Waals surface area contributed by atoms with Crippen molar-refractivity contribution in [2.75, 3.05) is 0 Å². The van der Waals surface area contributed by atoms with Gasteiger partial charge in [0.2, 0.25) is 0 Å². The van der Waals surface area contributed by atoms with Gasteiger partial charge in [-0.05, 0) is 186 Å². The van der Waals surface area contributed by atoms with E-state index >= 15 is 0 Å². The zero-order valence-electron chi connectivity index (χ0n) is 53.0. The van der Waals surface area contributed by atoms with Crippen molar-refractivity contribution in [2.45, 2.75) is 0 Å². The molecule has 1 N–H and O–H groups in total. The van der Waals surface area contributed by atoms with E-state index < -0.39 is 0 Å². The van der Waals surface area contributed by atoms with Crippen molar-refractivity contribution in [1.82, 2.24) is 0 Å². The SMILES string of the molecule is Brc1cccc(-c2ccc3oc4ccc5ccccc5c4c3c2)c1.O[B]Oc1c2ccccc2c(-c2cccc3ccccc23)c2ccccc12.c1cc(-c2ccc3oc4ccc5ccccc5c4c3c2)cc(-c2c3ccccc3c(-c3cccc4ccccc34)c3ccccc23)c1. The highest BCUT2D eigenvalue weighted by molar-refractivity contribution is 9.10. The van der Waals surface area contributed by atoms with Crippen LogP contribution in [0.5, 0.6) is 5.75 Å². The topological polar surface area (TPSA) is 55.7 Å². The molecule has 1 radical (unpaired) electrons. The third-order valence-electron chi connectivity index (χ3n) is 19.5. The molecule has 0 saturated heterocycles. The molecule has 20 rings (SSSR count). The molecule has 2 heterocycles. The Labute approximate surface area is 573 Å². The summed E-state index contributed by atoms with van der Waals surface area (Å²) in [5, 5.41) is 33.1. The van der Waals surface area contributed by atoms with Gasteiger partial charge < -0.3 is 18.5 Å². The van der Waals surface area contributed by atoms with Crippen molar-refractivity contribution in [1.29, 1.82) is 0 Å². The van der Waals surface area contributed by atoms with Crippen LogP contribution in [-0.4, -0.2) is 12.7 Å². The summed E-state index contributed by atoms with van der Waals surface area (Å²) < 4.78 is 19.0. The summed E-state index contributed by atoms with van der Waals surface area (Å²) >= 11 is 3.56. The number of furan rings is 2. The zero-order valence-corrected chi connectivity index (χ0v) is 54.5. The van der Waals surface area contributed by atoms with Gasteiger partial charge in [-0.2, -0.15) is 0 Å². The summed E-state index contributed by atoms with van der Waals surface area (Å²) in [7, 11) is 0.756. The van der Waals surface area contributed by atoms with E-state index in [-0.39, 0.29) is 0 Å².